The van der Waals surface area contributed by atoms with E-state index in [1.54, 1.807) is 11.8 Å². The SMILES string of the molecule is Cc1nc(SCc2nc3ccccc3c(C)c2Cl)n(CC2CCCO2)c1C. The van der Waals surface area contributed by atoms with Crippen LogP contribution in [-0.4, -0.2) is 27.2 Å². The highest BCUT2D eigenvalue weighted by Gasteiger charge is 2.21. The van der Waals surface area contributed by atoms with Crippen LogP contribution in [0.4, 0.5) is 0 Å². The number of hydrogen-bond donors (Lipinski definition) is 0. The molecule has 0 saturated carbocycles. The van der Waals surface area contributed by atoms with E-state index in [1.165, 1.54) is 5.69 Å². The summed E-state index contributed by atoms with van der Waals surface area (Å²) >= 11 is 8.33. The lowest BCUT2D eigenvalue weighted by Crippen LogP contribution is -2.16. The zero-order chi connectivity index (χ0) is 19.0. The van der Waals surface area contributed by atoms with Crippen LogP contribution >= 0.6 is 23.4 Å². The molecule has 0 bridgehead atoms. The van der Waals surface area contributed by atoms with Crippen LogP contribution in [0.3, 0.4) is 0 Å². The fourth-order valence-corrected chi connectivity index (χ4v) is 4.92. The Labute approximate surface area is 169 Å². The molecular formula is C21H24ClN3OS. The van der Waals surface area contributed by atoms with Gasteiger partial charge in [-0.2, -0.15) is 0 Å². The van der Waals surface area contributed by atoms with Gasteiger partial charge in [0.1, 0.15) is 0 Å². The molecule has 1 unspecified atom stereocenters. The van der Waals surface area contributed by atoms with E-state index >= 15 is 0 Å². The van der Waals surface area contributed by atoms with Gasteiger partial charge in [-0.1, -0.05) is 41.6 Å². The number of fused-ring (bicyclic) bond motifs is 1. The number of aryl methyl sites for hydroxylation is 2. The van der Waals surface area contributed by atoms with Crippen LogP contribution in [0.5, 0.6) is 0 Å². The van der Waals surface area contributed by atoms with Gasteiger partial charge in [-0.05, 0) is 45.2 Å². The number of aromatic nitrogens is 3. The van der Waals surface area contributed by atoms with Crippen molar-refractivity contribution < 1.29 is 4.74 Å². The molecule has 1 aliphatic heterocycles. The average Bonchev–Trinajstić information content (AvgIpc) is 3.28. The average molecular weight is 402 g/mol. The van der Waals surface area contributed by atoms with E-state index in [-0.39, 0.29) is 0 Å². The van der Waals surface area contributed by atoms with Gasteiger partial charge in [0.05, 0.1) is 34.6 Å². The van der Waals surface area contributed by atoms with Crippen LogP contribution in [0.2, 0.25) is 5.02 Å². The molecule has 4 rings (SSSR count). The first-order valence-electron chi connectivity index (χ1n) is 9.36. The summed E-state index contributed by atoms with van der Waals surface area (Å²) in [6.45, 7) is 8.00. The second-order valence-electron chi connectivity index (χ2n) is 7.11. The van der Waals surface area contributed by atoms with Gasteiger partial charge in [0.25, 0.3) is 0 Å². The first kappa shape index (κ1) is 18.8. The number of pyridine rings is 1. The van der Waals surface area contributed by atoms with Gasteiger partial charge >= 0.3 is 0 Å². The monoisotopic (exact) mass is 401 g/mol. The molecule has 1 aromatic carbocycles. The zero-order valence-electron chi connectivity index (χ0n) is 16.0. The second-order valence-corrected chi connectivity index (χ2v) is 8.43. The van der Waals surface area contributed by atoms with Crippen LogP contribution < -0.4 is 0 Å². The van der Waals surface area contributed by atoms with Crippen LogP contribution in [0.15, 0.2) is 29.4 Å². The van der Waals surface area contributed by atoms with Crippen molar-refractivity contribution in [2.75, 3.05) is 6.61 Å². The molecule has 6 heteroatoms. The normalized spacial score (nSPS) is 17.1. The lowest BCUT2D eigenvalue weighted by Gasteiger charge is -2.15. The Morgan fingerprint density at radius 2 is 2.04 bits per heavy atom. The minimum absolute atomic E-state index is 0.293. The van der Waals surface area contributed by atoms with Crippen molar-refractivity contribution in [3.63, 3.8) is 0 Å². The van der Waals surface area contributed by atoms with E-state index in [4.69, 9.17) is 26.3 Å². The molecule has 0 aliphatic carbocycles. The van der Waals surface area contributed by atoms with Gasteiger partial charge in [-0.3, -0.25) is 4.98 Å². The summed E-state index contributed by atoms with van der Waals surface area (Å²) in [4.78, 5) is 9.58. The number of para-hydroxylation sites is 1. The number of hydrogen-bond acceptors (Lipinski definition) is 4. The van der Waals surface area contributed by atoms with Crippen molar-refractivity contribution in [1.29, 1.82) is 0 Å². The molecule has 2 aromatic heterocycles. The van der Waals surface area contributed by atoms with Gasteiger partial charge in [0.15, 0.2) is 5.16 Å². The molecular weight excluding hydrogens is 378 g/mol. The Morgan fingerprint density at radius 1 is 1.22 bits per heavy atom. The predicted molar refractivity (Wildman–Crippen MR) is 112 cm³/mol. The minimum Gasteiger partial charge on any atom is -0.376 e. The first-order chi connectivity index (χ1) is 13.0. The van der Waals surface area contributed by atoms with Gasteiger partial charge in [-0.15, -0.1) is 0 Å². The molecule has 1 atom stereocenters. The Balaban J connectivity index is 1.59. The summed E-state index contributed by atoms with van der Waals surface area (Å²) in [7, 11) is 0. The Hall–Kier alpha value is -1.56. The molecule has 3 aromatic rings. The number of ether oxygens (including phenoxy) is 1. The van der Waals surface area contributed by atoms with Gasteiger partial charge in [0, 0.05) is 23.4 Å². The highest BCUT2D eigenvalue weighted by Crippen LogP contribution is 2.32. The van der Waals surface area contributed by atoms with Crippen molar-refractivity contribution in [3.8, 4) is 0 Å². The Morgan fingerprint density at radius 3 is 2.81 bits per heavy atom. The quantitative estimate of drug-likeness (QED) is 0.530. The number of nitrogens with zero attached hydrogens (tertiary/aromatic N) is 3. The first-order valence-corrected chi connectivity index (χ1v) is 10.7. The maximum Gasteiger partial charge on any atom is 0.168 e. The van der Waals surface area contributed by atoms with E-state index in [1.807, 2.05) is 18.2 Å². The maximum absolute atomic E-state index is 6.63. The zero-order valence-corrected chi connectivity index (χ0v) is 17.5. The molecule has 1 saturated heterocycles. The van der Waals surface area contributed by atoms with E-state index in [0.29, 0.717) is 11.9 Å². The lowest BCUT2D eigenvalue weighted by atomic mass is 10.1. The molecule has 1 fully saturated rings. The molecule has 4 nitrogen and oxygen atoms in total. The molecule has 0 N–H and O–H groups in total. The lowest BCUT2D eigenvalue weighted by molar-refractivity contribution is 0.0945. The number of thioether (sulfide) groups is 1. The summed E-state index contributed by atoms with van der Waals surface area (Å²) in [6, 6.07) is 8.15. The maximum atomic E-state index is 6.63. The highest BCUT2D eigenvalue weighted by atomic mass is 35.5. The third-order valence-corrected chi connectivity index (χ3v) is 6.81. The Kier molecular flexibility index (Phi) is 5.44. The number of imidazole rings is 1. The fourth-order valence-electron chi connectivity index (χ4n) is 3.59. The fraction of sp³-hybridized carbons (Fsp3) is 0.429. The number of halogens is 1. The smallest absolute Gasteiger partial charge is 0.168 e. The van der Waals surface area contributed by atoms with E-state index in [2.05, 4.69) is 31.4 Å². The molecule has 0 amide bonds. The third kappa shape index (κ3) is 3.73. The van der Waals surface area contributed by atoms with Crippen LogP contribution in [-0.2, 0) is 17.0 Å². The van der Waals surface area contributed by atoms with E-state index < -0.39 is 0 Å². The third-order valence-electron chi connectivity index (χ3n) is 5.32. The number of rotatable bonds is 5. The Bertz CT molecular complexity index is 979. The molecule has 1 aliphatic rings. The van der Waals surface area contributed by atoms with Crippen LogP contribution in [0.25, 0.3) is 10.9 Å². The topological polar surface area (TPSA) is 39.9 Å². The van der Waals surface area contributed by atoms with Gasteiger partial charge < -0.3 is 9.30 Å². The summed E-state index contributed by atoms with van der Waals surface area (Å²) in [5.74, 6) is 0.700. The summed E-state index contributed by atoms with van der Waals surface area (Å²) < 4.78 is 8.12. The number of benzene rings is 1. The van der Waals surface area contributed by atoms with Crippen molar-refractivity contribution in [2.24, 2.45) is 0 Å². The van der Waals surface area contributed by atoms with Crippen molar-refractivity contribution in [2.45, 2.75) is 57.2 Å². The van der Waals surface area contributed by atoms with Crippen LogP contribution in [0.1, 0.15) is 35.5 Å². The second kappa shape index (κ2) is 7.82. The van der Waals surface area contributed by atoms with Crippen molar-refractivity contribution >= 4 is 34.3 Å². The van der Waals surface area contributed by atoms with Crippen molar-refractivity contribution in [3.05, 3.63) is 51.9 Å². The van der Waals surface area contributed by atoms with E-state index in [0.717, 1.165) is 64.0 Å². The molecule has 3 heterocycles. The molecule has 0 radical (unpaired) electrons. The van der Waals surface area contributed by atoms with E-state index in [9.17, 15) is 0 Å². The minimum atomic E-state index is 0.293. The predicted octanol–water partition coefficient (Wildman–Crippen LogP) is 5.48. The molecule has 142 valence electrons. The summed E-state index contributed by atoms with van der Waals surface area (Å²) in [6.07, 6.45) is 2.56. The largest absolute Gasteiger partial charge is 0.376 e. The van der Waals surface area contributed by atoms with Gasteiger partial charge in [0.2, 0.25) is 0 Å². The molecule has 0 spiro atoms. The highest BCUT2D eigenvalue weighted by molar-refractivity contribution is 7.98. The standard InChI is InChI=1S/C21H24ClN3OS/c1-13-17-8-4-5-9-18(17)24-19(20(13)22)12-27-21-23-14(2)15(3)25(21)11-16-7-6-10-26-16/h4-5,8-9,16H,6-7,10-12H2,1-3H3. The van der Waals surface area contributed by atoms with Gasteiger partial charge in [-0.25, -0.2) is 4.98 Å². The summed E-state index contributed by atoms with van der Waals surface area (Å²) in [5, 5.41) is 2.89. The molecule has 27 heavy (non-hydrogen) atoms. The summed E-state index contributed by atoms with van der Waals surface area (Å²) in [5.41, 5.74) is 5.28. The van der Waals surface area contributed by atoms with Crippen molar-refractivity contribution in [1.82, 2.24) is 14.5 Å². The van der Waals surface area contributed by atoms with Crippen LogP contribution in [0, 0.1) is 20.8 Å².